The molecule has 5 heteroatoms. The van der Waals surface area contributed by atoms with Crippen molar-refractivity contribution < 1.29 is 14.7 Å². The topological polar surface area (TPSA) is 57.6 Å². The average molecular weight is 273 g/mol. The van der Waals surface area contributed by atoms with Gasteiger partial charge in [-0.05, 0) is 6.42 Å². The lowest BCUT2D eigenvalue weighted by atomic mass is 10.1. The number of carbonyl (C=O) groups excluding carboxylic acids is 1. The van der Waals surface area contributed by atoms with E-state index in [0.29, 0.717) is 18.7 Å². The van der Waals surface area contributed by atoms with Crippen LogP contribution >= 0.6 is 11.8 Å². The Morgan fingerprint density at radius 1 is 1.28 bits per heavy atom. The van der Waals surface area contributed by atoms with Crippen LogP contribution in [0, 0.1) is 0 Å². The number of hydrogen-bond donors (Lipinski definition) is 1. The Balaban J connectivity index is 2.32. The van der Waals surface area contributed by atoms with Crippen LogP contribution in [0.25, 0.3) is 0 Å². The maximum absolute atomic E-state index is 12.0. The molecule has 0 aromatic heterocycles. The Kier molecular flexibility index (Phi) is 7.16. The molecule has 0 radical (unpaired) electrons. The fourth-order valence-electron chi connectivity index (χ4n) is 2.13. The third-order valence-corrected chi connectivity index (χ3v) is 4.25. The maximum Gasteiger partial charge on any atom is 0.327 e. The Labute approximate surface area is 113 Å². The number of rotatable bonds is 7. The molecule has 1 N–H and O–H groups in total. The van der Waals surface area contributed by atoms with Crippen molar-refractivity contribution in [2.24, 2.45) is 0 Å². The zero-order valence-electron chi connectivity index (χ0n) is 11.1. The van der Waals surface area contributed by atoms with Gasteiger partial charge in [-0.3, -0.25) is 4.79 Å². The van der Waals surface area contributed by atoms with E-state index in [1.165, 1.54) is 19.3 Å². The second-order valence-electron chi connectivity index (χ2n) is 4.68. The van der Waals surface area contributed by atoms with E-state index in [1.54, 1.807) is 16.7 Å². The van der Waals surface area contributed by atoms with Gasteiger partial charge in [-0.1, -0.05) is 32.6 Å². The van der Waals surface area contributed by atoms with E-state index in [2.05, 4.69) is 6.92 Å². The minimum Gasteiger partial charge on any atom is -0.480 e. The van der Waals surface area contributed by atoms with Gasteiger partial charge < -0.3 is 10.0 Å². The highest BCUT2D eigenvalue weighted by Crippen LogP contribution is 2.18. The van der Waals surface area contributed by atoms with Crippen LogP contribution in [0.5, 0.6) is 0 Å². The largest absolute Gasteiger partial charge is 0.480 e. The summed E-state index contributed by atoms with van der Waals surface area (Å²) in [6.07, 6.45) is 6.03. The second kappa shape index (κ2) is 8.40. The fourth-order valence-corrected chi connectivity index (χ4v) is 3.17. The van der Waals surface area contributed by atoms with Gasteiger partial charge >= 0.3 is 5.97 Å². The average Bonchev–Trinajstić information content (AvgIpc) is 2.38. The summed E-state index contributed by atoms with van der Waals surface area (Å²) in [6, 6.07) is -0.619. The molecule has 1 heterocycles. The minimum atomic E-state index is -0.874. The van der Waals surface area contributed by atoms with Gasteiger partial charge in [0.25, 0.3) is 0 Å². The van der Waals surface area contributed by atoms with Gasteiger partial charge in [-0.2, -0.15) is 11.8 Å². The molecule has 1 amide bonds. The van der Waals surface area contributed by atoms with E-state index in [0.717, 1.165) is 18.6 Å². The summed E-state index contributed by atoms with van der Waals surface area (Å²) < 4.78 is 0. The molecule has 1 saturated heterocycles. The minimum absolute atomic E-state index is 0.0131. The molecule has 0 aromatic carbocycles. The van der Waals surface area contributed by atoms with Crippen LogP contribution in [-0.4, -0.2) is 46.0 Å². The van der Waals surface area contributed by atoms with Crippen LogP contribution in [0.3, 0.4) is 0 Å². The number of carbonyl (C=O) groups is 2. The third kappa shape index (κ3) is 4.88. The van der Waals surface area contributed by atoms with Crippen LogP contribution in [0.4, 0.5) is 0 Å². The van der Waals surface area contributed by atoms with Gasteiger partial charge in [0.2, 0.25) is 5.91 Å². The molecule has 104 valence electrons. The van der Waals surface area contributed by atoms with E-state index in [9.17, 15) is 9.59 Å². The SMILES string of the molecule is CCCCCCCC(=O)N1CCSCC1C(=O)O. The summed E-state index contributed by atoms with van der Waals surface area (Å²) >= 11 is 1.61. The molecule has 1 rings (SSSR count). The molecule has 0 bridgehead atoms. The van der Waals surface area contributed by atoms with E-state index >= 15 is 0 Å². The van der Waals surface area contributed by atoms with Crippen LogP contribution in [0.1, 0.15) is 45.4 Å². The van der Waals surface area contributed by atoms with Crippen LogP contribution in [0.2, 0.25) is 0 Å². The molecule has 1 unspecified atom stereocenters. The van der Waals surface area contributed by atoms with Gasteiger partial charge in [-0.15, -0.1) is 0 Å². The molecule has 0 saturated carbocycles. The normalized spacial score (nSPS) is 19.8. The van der Waals surface area contributed by atoms with Crippen molar-refractivity contribution in [2.75, 3.05) is 18.1 Å². The summed E-state index contributed by atoms with van der Waals surface area (Å²) in [7, 11) is 0. The summed E-state index contributed by atoms with van der Waals surface area (Å²) in [5, 5.41) is 9.09. The first-order chi connectivity index (χ1) is 8.66. The molecule has 1 aliphatic heterocycles. The monoisotopic (exact) mass is 273 g/mol. The number of aliphatic carboxylic acids is 1. The van der Waals surface area contributed by atoms with Crippen molar-refractivity contribution in [1.29, 1.82) is 0 Å². The smallest absolute Gasteiger partial charge is 0.327 e. The number of unbranched alkanes of at least 4 members (excludes halogenated alkanes) is 4. The molecule has 1 fully saturated rings. The van der Waals surface area contributed by atoms with Gasteiger partial charge in [0.15, 0.2) is 0 Å². The molecule has 0 aliphatic carbocycles. The van der Waals surface area contributed by atoms with Gasteiger partial charge in [-0.25, -0.2) is 4.79 Å². The molecule has 0 spiro atoms. The Morgan fingerprint density at radius 2 is 2.00 bits per heavy atom. The predicted molar refractivity (Wildman–Crippen MR) is 73.8 cm³/mol. The molecule has 4 nitrogen and oxygen atoms in total. The van der Waals surface area contributed by atoms with Crippen LogP contribution in [0.15, 0.2) is 0 Å². The maximum atomic E-state index is 12.0. The number of hydrogen-bond acceptors (Lipinski definition) is 3. The summed E-state index contributed by atoms with van der Waals surface area (Å²) in [5.41, 5.74) is 0. The molecular formula is C13H23NO3S. The zero-order chi connectivity index (χ0) is 13.4. The summed E-state index contributed by atoms with van der Waals surface area (Å²) in [6.45, 7) is 2.74. The standard InChI is InChI=1S/C13H23NO3S/c1-2-3-4-5-6-7-12(15)14-8-9-18-10-11(14)13(16)17/h11H,2-10H2,1H3,(H,16,17). The third-order valence-electron chi connectivity index (χ3n) is 3.23. The number of amides is 1. The lowest BCUT2D eigenvalue weighted by Crippen LogP contribution is -2.50. The predicted octanol–water partition coefficient (Wildman–Crippen LogP) is 2.38. The Morgan fingerprint density at radius 3 is 2.67 bits per heavy atom. The van der Waals surface area contributed by atoms with E-state index in [1.807, 2.05) is 0 Å². The van der Waals surface area contributed by atoms with E-state index < -0.39 is 12.0 Å². The Hall–Kier alpha value is -0.710. The van der Waals surface area contributed by atoms with Crippen LogP contribution < -0.4 is 0 Å². The summed E-state index contributed by atoms with van der Waals surface area (Å²) in [5.74, 6) is 0.517. The van der Waals surface area contributed by atoms with Crippen molar-refractivity contribution >= 4 is 23.6 Å². The quantitative estimate of drug-likeness (QED) is 0.724. The lowest BCUT2D eigenvalue weighted by Gasteiger charge is -2.32. The van der Waals surface area contributed by atoms with Crippen LogP contribution in [-0.2, 0) is 9.59 Å². The van der Waals surface area contributed by atoms with Crippen molar-refractivity contribution in [3.8, 4) is 0 Å². The number of nitrogens with zero attached hydrogens (tertiary/aromatic N) is 1. The highest BCUT2D eigenvalue weighted by molar-refractivity contribution is 7.99. The first-order valence-electron chi connectivity index (χ1n) is 6.76. The van der Waals surface area contributed by atoms with E-state index in [-0.39, 0.29) is 5.91 Å². The molecule has 1 aliphatic rings. The number of thioether (sulfide) groups is 1. The first-order valence-corrected chi connectivity index (χ1v) is 7.92. The fraction of sp³-hybridized carbons (Fsp3) is 0.846. The van der Waals surface area contributed by atoms with Crippen molar-refractivity contribution in [3.05, 3.63) is 0 Å². The van der Waals surface area contributed by atoms with Crippen molar-refractivity contribution in [1.82, 2.24) is 4.90 Å². The molecule has 0 aromatic rings. The highest BCUT2D eigenvalue weighted by atomic mass is 32.2. The number of carboxylic acid groups (broad SMARTS) is 1. The Bertz CT molecular complexity index is 283. The highest BCUT2D eigenvalue weighted by Gasteiger charge is 2.31. The zero-order valence-corrected chi connectivity index (χ0v) is 11.9. The molecular weight excluding hydrogens is 250 g/mol. The number of carboxylic acids is 1. The first kappa shape index (κ1) is 15.3. The van der Waals surface area contributed by atoms with Crippen molar-refractivity contribution in [2.45, 2.75) is 51.5 Å². The second-order valence-corrected chi connectivity index (χ2v) is 5.83. The van der Waals surface area contributed by atoms with Gasteiger partial charge in [0.1, 0.15) is 6.04 Å². The van der Waals surface area contributed by atoms with Gasteiger partial charge in [0.05, 0.1) is 0 Å². The lowest BCUT2D eigenvalue weighted by molar-refractivity contribution is -0.149. The van der Waals surface area contributed by atoms with Gasteiger partial charge in [0, 0.05) is 24.5 Å². The molecule has 1 atom stereocenters. The van der Waals surface area contributed by atoms with Crippen molar-refractivity contribution in [3.63, 3.8) is 0 Å². The molecule has 18 heavy (non-hydrogen) atoms. The summed E-state index contributed by atoms with van der Waals surface area (Å²) in [4.78, 5) is 24.6. The van der Waals surface area contributed by atoms with E-state index in [4.69, 9.17) is 5.11 Å².